The number of nitrogens with zero attached hydrogens (tertiary/aromatic N) is 1. The Morgan fingerprint density at radius 1 is 0.966 bits per heavy atom. The number of nitrogens with one attached hydrogen (secondary N) is 1. The molecule has 3 aromatic rings. The summed E-state index contributed by atoms with van der Waals surface area (Å²) in [5.74, 6) is 1.48. The summed E-state index contributed by atoms with van der Waals surface area (Å²) in [7, 11) is 0. The monoisotopic (exact) mass is 386 g/mol. The summed E-state index contributed by atoms with van der Waals surface area (Å²) in [6, 6.07) is 21.8. The highest BCUT2D eigenvalue weighted by molar-refractivity contribution is 6.01. The smallest absolute Gasteiger partial charge is 0.258 e. The lowest BCUT2D eigenvalue weighted by molar-refractivity contribution is 0.0666. The zero-order valence-electron chi connectivity index (χ0n) is 16.2. The second-order valence-electron chi connectivity index (χ2n) is 7.41. The van der Waals surface area contributed by atoms with Gasteiger partial charge in [0.25, 0.3) is 5.91 Å². The minimum absolute atomic E-state index is 0.0137. The van der Waals surface area contributed by atoms with E-state index >= 15 is 0 Å². The van der Waals surface area contributed by atoms with Crippen LogP contribution in [0.5, 0.6) is 11.5 Å². The molecule has 1 atom stereocenters. The molecule has 3 aromatic carbocycles. The van der Waals surface area contributed by atoms with Gasteiger partial charge in [0.15, 0.2) is 11.5 Å². The Morgan fingerprint density at radius 2 is 1.72 bits per heavy atom. The number of carbonyl (C=O) groups is 1. The molecule has 146 valence electrons. The van der Waals surface area contributed by atoms with Crippen molar-refractivity contribution in [2.45, 2.75) is 19.6 Å². The molecule has 2 heterocycles. The second kappa shape index (κ2) is 7.17. The van der Waals surface area contributed by atoms with Gasteiger partial charge in [-0.3, -0.25) is 4.79 Å². The highest BCUT2D eigenvalue weighted by Gasteiger charge is 2.33. The molecule has 0 saturated carbocycles. The van der Waals surface area contributed by atoms with Crippen LogP contribution in [0.2, 0.25) is 0 Å². The van der Waals surface area contributed by atoms with Crippen LogP contribution in [0.3, 0.4) is 0 Å². The molecule has 0 unspecified atom stereocenters. The molecule has 29 heavy (non-hydrogen) atoms. The standard InChI is InChI=1S/C24H22N2O3/c1-16-6-8-17(9-7-16)15-26-23(25-20-5-3-2-4-19(20)24(26)27)18-10-11-21-22(14-18)29-13-12-28-21/h2-11,14,23,25H,12-13,15H2,1H3/t23-/m1/s1. The molecule has 0 aliphatic carbocycles. The lowest BCUT2D eigenvalue weighted by atomic mass is 10.0. The Morgan fingerprint density at radius 3 is 2.55 bits per heavy atom. The van der Waals surface area contributed by atoms with Crippen LogP contribution in [0.15, 0.2) is 66.7 Å². The number of ether oxygens (including phenoxy) is 2. The van der Waals surface area contributed by atoms with Gasteiger partial charge < -0.3 is 19.7 Å². The first kappa shape index (κ1) is 17.6. The van der Waals surface area contributed by atoms with Crippen LogP contribution in [0.4, 0.5) is 5.69 Å². The summed E-state index contributed by atoms with van der Waals surface area (Å²) in [6.45, 7) is 3.66. The van der Waals surface area contributed by atoms with Crippen molar-refractivity contribution in [3.05, 3.63) is 89.0 Å². The lowest BCUT2D eigenvalue weighted by Crippen LogP contribution is -2.42. The first-order valence-electron chi connectivity index (χ1n) is 9.81. The highest BCUT2D eigenvalue weighted by atomic mass is 16.6. The van der Waals surface area contributed by atoms with Crippen LogP contribution in [0.25, 0.3) is 0 Å². The van der Waals surface area contributed by atoms with Crippen LogP contribution in [-0.4, -0.2) is 24.0 Å². The Labute approximate surface area is 169 Å². The fourth-order valence-corrected chi connectivity index (χ4v) is 3.84. The number of amides is 1. The molecular weight excluding hydrogens is 364 g/mol. The minimum atomic E-state index is -0.297. The zero-order chi connectivity index (χ0) is 19.8. The Bertz CT molecular complexity index is 1060. The van der Waals surface area contributed by atoms with Gasteiger partial charge in [-0.25, -0.2) is 0 Å². The topological polar surface area (TPSA) is 50.8 Å². The maximum absolute atomic E-state index is 13.4. The first-order valence-corrected chi connectivity index (χ1v) is 9.81. The summed E-state index contributed by atoms with van der Waals surface area (Å²) >= 11 is 0. The lowest BCUT2D eigenvalue weighted by Gasteiger charge is -2.38. The molecule has 5 nitrogen and oxygen atoms in total. The maximum atomic E-state index is 13.4. The van der Waals surface area contributed by atoms with E-state index in [4.69, 9.17) is 9.47 Å². The minimum Gasteiger partial charge on any atom is -0.486 e. The molecule has 2 aliphatic heterocycles. The van der Waals surface area contributed by atoms with Gasteiger partial charge in [-0.15, -0.1) is 0 Å². The van der Waals surface area contributed by atoms with E-state index in [0.29, 0.717) is 25.3 Å². The van der Waals surface area contributed by atoms with Gasteiger partial charge in [-0.2, -0.15) is 0 Å². The van der Waals surface area contributed by atoms with E-state index in [0.717, 1.165) is 28.3 Å². The molecule has 0 fully saturated rings. The first-order chi connectivity index (χ1) is 14.2. The molecule has 0 radical (unpaired) electrons. The number of benzene rings is 3. The van der Waals surface area contributed by atoms with Crippen molar-refractivity contribution in [3.63, 3.8) is 0 Å². The number of anilines is 1. The van der Waals surface area contributed by atoms with Crippen LogP contribution < -0.4 is 14.8 Å². The Kier molecular flexibility index (Phi) is 4.35. The van der Waals surface area contributed by atoms with Crippen molar-refractivity contribution >= 4 is 11.6 Å². The van der Waals surface area contributed by atoms with Gasteiger partial charge in [-0.05, 0) is 42.3 Å². The molecular formula is C24H22N2O3. The summed E-state index contributed by atoms with van der Waals surface area (Å²) in [6.07, 6.45) is -0.297. The number of fused-ring (bicyclic) bond motifs is 2. The average molecular weight is 386 g/mol. The van der Waals surface area contributed by atoms with Crippen molar-refractivity contribution in [2.75, 3.05) is 18.5 Å². The molecule has 0 saturated heterocycles. The Balaban J connectivity index is 1.55. The van der Waals surface area contributed by atoms with Gasteiger partial charge in [0.1, 0.15) is 19.4 Å². The van der Waals surface area contributed by atoms with Gasteiger partial charge in [0.05, 0.1) is 5.56 Å². The van der Waals surface area contributed by atoms with E-state index in [1.165, 1.54) is 5.56 Å². The van der Waals surface area contributed by atoms with Gasteiger partial charge in [-0.1, -0.05) is 48.0 Å². The molecule has 1 amide bonds. The number of aryl methyl sites for hydroxylation is 1. The van der Waals surface area contributed by atoms with Crippen molar-refractivity contribution < 1.29 is 14.3 Å². The van der Waals surface area contributed by atoms with E-state index in [1.807, 2.05) is 47.4 Å². The van der Waals surface area contributed by atoms with E-state index < -0.39 is 0 Å². The summed E-state index contributed by atoms with van der Waals surface area (Å²) in [4.78, 5) is 15.3. The number of carbonyl (C=O) groups excluding carboxylic acids is 1. The third-order valence-corrected chi connectivity index (χ3v) is 5.38. The number of rotatable bonds is 3. The largest absolute Gasteiger partial charge is 0.486 e. The SMILES string of the molecule is Cc1ccc(CN2C(=O)c3ccccc3N[C@H]2c2ccc3c(c2)OCCO3)cc1. The highest BCUT2D eigenvalue weighted by Crippen LogP contribution is 2.38. The van der Waals surface area contributed by atoms with Crippen LogP contribution in [0, 0.1) is 6.92 Å². The van der Waals surface area contributed by atoms with Crippen LogP contribution in [0.1, 0.15) is 33.2 Å². The third-order valence-electron chi connectivity index (χ3n) is 5.38. The Hall–Kier alpha value is -3.47. The number of hydrogen-bond donors (Lipinski definition) is 1. The van der Waals surface area contributed by atoms with Gasteiger partial charge in [0.2, 0.25) is 0 Å². The predicted molar refractivity (Wildman–Crippen MR) is 111 cm³/mol. The predicted octanol–water partition coefficient (Wildman–Crippen LogP) is 4.53. The summed E-state index contributed by atoms with van der Waals surface area (Å²) in [5, 5.41) is 3.54. The van der Waals surface area contributed by atoms with E-state index in [9.17, 15) is 4.79 Å². The van der Waals surface area contributed by atoms with Crippen molar-refractivity contribution in [2.24, 2.45) is 0 Å². The second-order valence-corrected chi connectivity index (χ2v) is 7.41. The van der Waals surface area contributed by atoms with E-state index in [2.05, 4.69) is 36.5 Å². The normalized spacial score (nSPS) is 17.5. The van der Waals surface area contributed by atoms with Gasteiger partial charge >= 0.3 is 0 Å². The summed E-state index contributed by atoms with van der Waals surface area (Å²) < 4.78 is 11.4. The summed E-state index contributed by atoms with van der Waals surface area (Å²) in [5.41, 5.74) is 4.79. The van der Waals surface area contributed by atoms with Crippen molar-refractivity contribution in [1.29, 1.82) is 0 Å². The van der Waals surface area contributed by atoms with Crippen molar-refractivity contribution in [1.82, 2.24) is 4.90 Å². The van der Waals surface area contributed by atoms with Crippen LogP contribution in [-0.2, 0) is 6.54 Å². The van der Waals surface area contributed by atoms with E-state index in [-0.39, 0.29) is 12.1 Å². The fourth-order valence-electron chi connectivity index (χ4n) is 3.84. The molecule has 0 bridgehead atoms. The quantitative estimate of drug-likeness (QED) is 0.718. The fraction of sp³-hybridized carbons (Fsp3) is 0.208. The third kappa shape index (κ3) is 3.29. The number of para-hydroxylation sites is 1. The van der Waals surface area contributed by atoms with Gasteiger partial charge in [0, 0.05) is 12.2 Å². The number of hydrogen-bond acceptors (Lipinski definition) is 4. The maximum Gasteiger partial charge on any atom is 0.258 e. The molecule has 5 rings (SSSR count). The molecule has 0 spiro atoms. The zero-order valence-corrected chi connectivity index (χ0v) is 16.2. The van der Waals surface area contributed by atoms with Crippen LogP contribution >= 0.6 is 0 Å². The van der Waals surface area contributed by atoms with E-state index in [1.54, 1.807) is 0 Å². The van der Waals surface area contributed by atoms with Crippen molar-refractivity contribution in [3.8, 4) is 11.5 Å². The average Bonchev–Trinajstić information content (AvgIpc) is 2.76. The molecule has 1 N–H and O–H groups in total. The molecule has 2 aliphatic rings. The molecule has 0 aromatic heterocycles. The molecule has 5 heteroatoms.